The Morgan fingerprint density at radius 2 is 2.12 bits per heavy atom. The zero-order chi connectivity index (χ0) is 19.0. The average molecular weight is 378 g/mol. The van der Waals surface area contributed by atoms with E-state index in [1.807, 2.05) is 23.8 Å². The molecule has 0 aliphatic carbocycles. The number of guanidine groups is 1. The molecule has 0 fully saturated rings. The van der Waals surface area contributed by atoms with E-state index in [0.717, 1.165) is 12.1 Å². The third-order valence-electron chi connectivity index (χ3n) is 3.90. The van der Waals surface area contributed by atoms with Gasteiger partial charge in [0.05, 0.1) is 12.1 Å². The van der Waals surface area contributed by atoms with E-state index in [1.54, 1.807) is 19.6 Å². The number of imidazole rings is 1. The smallest absolute Gasteiger partial charge is 0.191 e. The summed E-state index contributed by atoms with van der Waals surface area (Å²) in [5, 5.41) is 6.49. The summed E-state index contributed by atoms with van der Waals surface area (Å²) in [6, 6.07) is 8.35. The van der Waals surface area contributed by atoms with E-state index in [9.17, 15) is 8.42 Å². The van der Waals surface area contributed by atoms with Gasteiger partial charge in [-0.3, -0.25) is 4.99 Å². The summed E-state index contributed by atoms with van der Waals surface area (Å²) in [5.74, 6) is 0.820. The lowest BCUT2D eigenvalue weighted by atomic mass is 10.1. The fourth-order valence-corrected chi connectivity index (χ4v) is 3.29. The highest BCUT2D eigenvalue weighted by Gasteiger charge is 2.09. The molecule has 2 rings (SSSR count). The molecule has 0 aliphatic heterocycles. The first-order valence-electron chi connectivity index (χ1n) is 8.54. The first-order chi connectivity index (χ1) is 12.4. The zero-order valence-corrected chi connectivity index (χ0v) is 16.3. The molecule has 1 unspecified atom stereocenters. The van der Waals surface area contributed by atoms with Crippen molar-refractivity contribution >= 4 is 15.8 Å². The van der Waals surface area contributed by atoms with Gasteiger partial charge in [0.25, 0.3) is 0 Å². The molecule has 0 aliphatic rings. The number of sulfone groups is 1. The Morgan fingerprint density at radius 3 is 2.77 bits per heavy atom. The normalized spacial score (nSPS) is 13.4. The summed E-state index contributed by atoms with van der Waals surface area (Å²) in [4.78, 5) is 8.26. The van der Waals surface area contributed by atoms with Crippen molar-refractivity contribution in [3.8, 4) is 0 Å². The predicted octanol–water partition coefficient (Wildman–Crippen LogP) is 1.42. The molecule has 0 radical (unpaired) electrons. The Hall–Kier alpha value is -2.35. The minimum absolute atomic E-state index is 0.0171. The fourth-order valence-electron chi connectivity index (χ4n) is 2.51. The number of nitrogens with one attached hydrogen (secondary N) is 2. The highest BCUT2D eigenvalue weighted by molar-refractivity contribution is 7.90. The highest BCUT2D eigenvalue weighted by atomic mass is 32.2. The van der Waals surface area contributed by atoms with Gasteiger partial charge in [0.15, 0.2) is 5.96 Å². The molecule has 0 amide bonds. The number of rotatable bonds is 8. The molecule has 0 spiro atoms. The first kappa shape index (κ1) is 20.0. The van der Waals surface area contributed by atoms with Gasteiger partial charge in [0.1, 0.15) is 9.84 Å². The van der Waals surface area contributed by atoms with Gasteiger partial charge in [0.2, 0.25) is 0 Å². The van der Waals surface area contributed by atoms with Crippen LogP contribution in [-0.2, 0) is 22.9 Å². The third-order valence-corrected chi connectivity index (χ3v) is 4.88. The monoisotopic (exact) mass is 377 g/mol. The van der Waals surface area contributed by atoms with Crippen LogP contribution in [-0.4, -0.2) is 49.0 Å². The summed E-state index contributed by atoms with van der Waals surface area (Å²) in [6.07, 6.45) is 7.30. The van der Waals surface area contributed by atoms with E-state index in [4.69, 9.17) is 0 Å². The molecule has 0 bridgehead atoms. The van der Waals surface area contributed by atoms with Gasteiger partial charge < -0.3 is 15.2 Å². The molecule has 142 valence electrons. The van der Waals surface area contributed by atoms with Gasteiger partial charge in [-0.25, -0.2) is 13.4 Å². The second kappa shape index (κ2) is 9.38. The Bertz CT molecular complexity index is 816. The van der Waals surface area contributed by atoms with E-state index in [-0.39, 0.29) is 11.8 Å². The summed E-state index contributed by atoms with van der Waals surface area (Å²) in [6.45, 7) is 3.36. The molecule has 2 aromatic rings. The molecule has 2 N–H and O–H groups in total. The van der Waals surface area contributed by atoms with Crippen molar-refractivity contribution in [3.05, 3.63) is 54.1 Å². The number of hydrogen-bond acceptors (Lipinski definition) is 4. The van der Waals surface area contributed by atoms with Crippen LogP contribution in [0, 0.1) is 0 Å². The third kappa shape index (κ3) is 7.26. The molecular weight excluding hydrogens is 350 g/mol. The van der Waals surface area contributed by atoms with Crippen molar-refractivity contribution in [2.24, 2.45) is 4.99 Å². The van der Waals surface area contributed by atoms with Crippen molar-refractivity contribution in [1.29, 1.82) is 0 Å². The van der Waals surface area contributed by atoms with Crippen LogP contribution in [0.4, 0.5) is 0 Å². The van der Waals surface area contributed by atoms with Crippen LogP contribution >= 0.6 is 0 Å². The van der Waals surface area contributed by atoms with Gasteiger partial charge in [-0.15, -0.1) is 0 Å². The molecule has 1 heterocycles. The predicted molar refractivity (Wildman–Crippen MR) is 105 cm³/mol. The average Bonchev–Trinajstić information content (AvgIpc) is 3.09. The Balaban J connectivity index is 1.86. The Kier molecular flexibility index (Phi) is 7.20. The van der Waals surface area contributed by atoms with Gasteiger partial charge in [-0.05, 0) is 24.5 Å². The van der Waals surface area contributed by atoms with E-state index >= 15 is 0 Å². The SMILES string of the molecule is CN=C(NCc1cccc(Cn2ccnc2)c1)NC(C)CCS(C)(=O)=O. The van der Waals surface area contributed by atoms with Crippen molar-refractivity contribution in [2.45, 2.75) is 32.5 Å². The van der Waals surface area contributed by atoms with E-state index in [0.29, 0.717) is 18.9 Å². The number of benzene rings is 1. The summed E-state index contributed by atoms with van der Waals surface area (Å²) in [7, 11) is -1.25. The molecule has 1 atom stereocenters. The minimum atomic E-state index is -2.95. The molecule has 0 saturated heterocycles. The summed E-state index contributed by atoms with van der Waals surface area (Å²) >= 11 is 0. The second-order valence-corrected chi connectivity index (χ2v) is 8.70. The van der Waals surface area contributed by atoms with Crippen LogP contribution in [0.25, 0.3) is 0 Å². The Labute approximate surface area is 155 Å². The standard InChI is InChI=1S/C18H27N5O2S/c1-15(7-10-26(3,24)25)22-18(19-2)21-12-16-5-4-6-17(11-16)13-23-9-8-20-14-23/h4-6,8-9,11,14-15H,7,10,12-13H2,1-3H3,(H2,19,21,22). The summed E-state index contributed by atoms with van der Waals surface area (Å²) < 4.78 is 24.6. The maximum Gasteiger partial charge on any atom is 0.191 e. The number of nitrogens with zero attached hydrogens (tertiary/aromatic N) is 3. The van der Waals surface area contributed by atoms with Crippen LogP contribution in [0.1, 0.15) is 24.5 Å². The number of aliphatic imine (C=N–C) groups is 1. The first-order valence-corrected chi connectivity index (χ1v) is 10.6. The van der Waals surface area contributed by atoms with Crippen molar-refractivity contribution in [3.63, 3.8) is 0 Å². The van der Waals surface area contributed by atoms with Crippen LogP contribution in [0.3, 0.4) is 0 Å². The van der Waals surface area contributed by atoms with Gasteiger partial charge in [-0.1, -0.05) is 24.3 Å². The topological polar surface area (TPSA) is 88.4 Å². The molecular formula is C18H27N5O2S. The maximum absolute atomic E-state index is 11.3. The molecule has 8 heteroatoms. The molecule has 26 heavy (non-hydrogen) atoms. The fraction of sp³-hybridized carbons (Fsp3) is 0.444. The quantitative estimate of drug-likeness (QED) is 0.537. The van der Waals surface area contributed by atoms with E-state index in [1.165, 1.54) is 11.8 Å². The molecule has 0 saturated carbocycles. The van der Waals surface area contributed by atoms with Crippen LogP contribution in [0.15, 0.2) is 48.0 Å². The van der Waals surface area contributed by atoms with E-state index < -0.39 is 9.84 Å². The van der Waals surface area contributed by atoms with Gasteiger partial charge in [0, 0.05) is 44.8 Å². The molecule has 1 aromatic heterocycles. The van der Waals surface area contributed by atoms with Crippen LogP contribution in [0.5, 0.6) is 0 Å². The number of hydrogen-bond donors (Lipinski definition) is 2. The largest absolute Gasteiger partial charge is 0.354 e. The minimum Gasteiger partial charge on any atom is -0.354 e. The number of aromatic nitrogens is 2. The highest BCUT2D eigenvalue weighted by Crippen LogP contribution is 2.07. The maximum atomic E-state index is 11.3. The van der Waals surface area contributed by atoms with Crippen molar-refractivity contribution in [2.75, 3.05) is 19.1 Å². The van der Waals surface area contributed by atoms with Crippen molar-refractivity contribution in [1.82, 2.24) is 20.2 Å². The lowest BCUT2D eigenvalue weighted by Crippen LogP contribution is -2.42. The lowest BCUT2D eigenvalue weighted by Gasteiger charge is -2.18. The molecule has 1 aromatic carbocycles. The van der Waals surface area contributed by atoms with Gasteiger partial charge in [-0.2, -0.15) is 0 Å². The second-order valence-electron chi connectivity index (χ2n) is 6.44. The summed E-state index contributed by atoms with van der Waals surface area (Å²) in [5.41, 5.74) is 2.35. The zero-order valence-electron chi connectivity index (χ0n) is 15.5. The van der Waals surface area contributed by atoms with Crippen LogP contribution in [0.2, 0.25) is 0 Å². The van der Waals surface area contributed by atoms with Crippen molar-refractivity contribution < 1.29 is 8.42 Å². The van der Waals surface area contributed by atoms with Gasteiger partial charge >= 0.3 is 0 Å². The lowest BCUT2D eigenvalue weighted by molar-refractivity contribution is 0.581. The molecule has 7 nitrogen and oxygen atoms in total. The Morgan fingerprint density at radius 1 is 1.35 bits per heavy atom. The van der Waals surface area contributed by atoms with E-state index in [2.05, 4.69) is 38.8 Å². The van der Waals surface area contributed by atoms with Crippen LogP contribution < -0.4 is 10.6 Å².